The number of rotatable bonds is 7. The maximum Gasteiger partial charge on any atom is 0.269 e. The molecule has 8 heteroatoms. The lowest BCUT2D eigenvalue weighted by molar-refractivity contribution is -0.384. The molecule has 0 saturated heterocycles. The number of non-ortho nitro benzene ring substituents is 1. The normalized spacial score (nSPS) is 11.4. The first-order valence-electron chi connectivity index (χ1n) is 9.09. The highest BCUT2D eigenvalue weighted by Gasteiger charge is 2.18. The molecular weight excluding hydrogens is 388 g/mol. The van der Waals surface area contributed by atoms with Crippen molar-refractivity contribution in [1.82, 2.24) is 9.88 Å². The lowest BCUT2D eigenvalue weighted by atomic mass is 10.2. The number of thiazole rings is 1. The topological polar surface area (TPSA) is 79.6 Å². The quantitative estimate of drug-likeness (QED) is 0.333. The van der Waals surface area contributed by atoms with Gasteiger partial charge in [0, 0.05) is 31.3 Å². The van der Waals surface area contributed by atoms with Crippen molar-refractivity contribution in [2.75, 3.05) is 32.1 Å². The molecule has 29 heavy (non-hydrogen) atoms. The van der Waals surface area contributed by atoms with Crippen LogP contribution in [0.5, 0.6) is 0 Å². The molecule has 150 valence electrons. The third-order valence-corrected chi connectivity index (χ3v) is 5.36. The zero-order chi connectivity index (χ0) is 21.0. The van der Waals surface area contributed by atoms with Gasteiger partial charge in [0.2, 0.25) is 0 Å². The number of anilines is 1. The molecule has 0 aliphatic carbocycles. The molecule has 0 atom stereocenters. The summed E-state index contributed by atoms with van der Waals surface area (Å²) in [6.45, 7) is 3.24. The Morgan fingerprint density at radius 2 is 1.90 bits per heavy atom. The number of fused-ring (bicyclic) bond motifs is 1. The van der Waals surface area contributed by atoms with Crippen LogP contribution in [0, 0.1) is 17.0 Å². The van der Waals surface area contributed by atoms with Crippen LogP contribution in [0.1, 0.15) is 11.1 Å². The Labute approximate surface area is 173 Å². The Kier molecular flexibility index (Phi) is 6.36. The van der Waals surface area contributed by atoms with Gasteiger partial charge in [0.05, 0.1) is 15.1 Å². The first-order valence-corrected chi connectivity index (χ1v) is 9.91. The van der Waals surface area contributed by atoms with Gasteiger partial charge in [-0.2, -0.15) is 0 Å². The van der Waals surface area contributed by atoms with Crippen molar-refractivity contribution in [3.8, 4) is 0 Å². The van der Waals surface area contributed by atoms with E-state index in [9.17, 15) is 14.9 Å². The fourth-order valence-corrected chi connectivity index (χ4v) is 3.80. The molecule has 7 nitrogen and oxygen atoms in total. The molecule has 3 rings (SSSR count). The van der Waals surface area contributed by atoms with Crippen molar-refractivity contribution in [2.24, 2.45) is 0 Å². The summed E-state index contributed by atoms with van der Waals surface area (Å²) in [4.78, 5) is 31.6. The van der Waals surface area contributed by atoms with Crippen LogP contribution in [-0.4, -0.2) is 47.9 Å². The number of nitrogens with zero attached hydrogens (tertiary/aromatic N) is 4. The van der Waals surface area contributed by atoms with Crippen LogP contribution in [-0.2, 0) is 4.79 Å². The number of amides is 1. The average Bonchev–Trinajstić information content (AvgIpc) is 3.09. The molecule has 0 aliphatic heterocycles. The van der Waals surface area contributed by atoms with Crippen LogP contribution in [0.15, 0.2) is 48.5 Å². The van der Waals surface area contributed by atoms with Gasteiger partial charge in [-0.3, -0.25) is 19.8 Å². The highest BCUT2D eigenvalue weighted by Crippen LogP contribution is 2.29. The summed E-state index contributed by atoms with van der Waals surface area (Å²) in [7, 11) is 3.91. The van der Waals surface area contributed by atoms with Crippen LogP contribution in [0.3, 0.4) is 0 Å². The van der Waals surface area contributed by atoms with Gasteiger partial charge >= 0.3 is 0 Å². The molecule has 0 radical (unpaired) electrons. The Balaban J connectivity index is 1.84. The number of aryl methyl sites for hydroxylation is 1. The van der Waals surface area contributed by atoms with Crippen molar-refractivity contribution < 1.29 is 9.72 Å². The molecule has 1 heterocycles. The minimum Gasteiger partial charge on any atom is -0.308 e. The van der Waals surface area contributed by atoms with E-state index in [1.165, 1.54) is 29.5 Å². The van der Waals surface area contributed by atoms with E-state index in [1.807, 2.05) is 38.1 Å². The number of hydrogen-bond donors (Lipinski definition) is 0. The van der Waals surface area contributed by atoms with Gasteiger partial charge in [0.1, 0.15) is 0 Å². The first kappa shape index (κ1) is 20.6. The smallest absolute Gasteiger partial charge is 0.269 e. The van der Waals surface area contributed by atoms with Gasteiger partial charge in [-0.05, 0) is 62.5 Å². The van der Waals surface area contributed by atoms with Crippen LogP contribution in [0.25, 0.3) is 16.3 Å². The van der Waals surface area contributed by atoms with Crippen molar-refractivity contribution in [3.05, 3.63) is 69.8 Å². The van der Waals surface area contributed by atoms with Crippen LogP contribution < -0.4 is 4.90 Å². The van der Waals surface area contributed by atoms with Crippen LogP contribution in [0.4, 0.5) is 10.8 Å². The van der Waals surface area contributed by atoms with E-state index in [1.54, 1.807) is 23.1 Å². The maximum atomic E-state index is 12.9. The van der Waals surface area contributed by atoms with E-state index < -0.39 is 4.92 Å². The minimum atomic E-state index is -0.448. The molecule has 0 spiro atoms. The molecule has 2 aromatic carbocycles. The number of hydrogen-bond acceptors (Lipinski definition) is 6. The van der Waals surface area contributed by atoms with E-state index in [-0.39, 0.29) is 11.6 Å². The molecule has 0 aliphatic rings. The highest BCUT2D eigenvalue weighted by atomic mass is 32.1. The third kappa shape index (κ3) is 5.24. The summed E-state index contributed by atoms with van der Waals surface area (Å²) in [6, 6.07) is 12.1. The Hall–Kier alpha value is -3.10. The van der Waals surface area contributed by atoms with Crippen LogP contribution in [0.2, 0.25) is 0 Å². The fraction of sp³-hybridized carbons (Fsp3) is 0.238. The van der Waals surface area contributed by atoms with E-state index in [2.05, 4.69) is 11.1 Å². The molecule has 0 bridgehead atoms. The van der Waals surface area contributed by atoms with Crippen molar-refractivity contribution in [1.29, 1.82) is 0 Å². The van der Waals surface area contributed by atoms with Gasteiger partial charge in [0.15, 0.2) is 5.13 Å². The van der Waals surface area contributed by atoms with Gasteiger partial charge < -0.3 is 4.90 Å². The summed E-state index contributed by atoms with van der Waals surface area (Å²) in [5.74, 6) is -0.180. The first-order chi connectivity index (χ1) is 13.8. The number of nitro groups is 1. The second-order valence-corrected chi connectivity index (χ2v) is 7.95. The van der Waals surface area contributed by atoms with Crippen LogP contribution >= 0.6 is 11.3 Å². The van der Waals surface area contributed by atoms with Gasteiger partial charge in [-0.1, -0.05) is 17.4 Å². The number of nitro benzene ring substituents is 1. The van der Waals surface area contributed by atoms with Gasteiger partial charge in [-0.15, -0.1) is 0 Å². The molecule has 1 aromatic heterocycles. The number of aromatic nitrogens is 1. The molecule has 0 saturated carbocycles. The number of likely N-dealkylation sites (N-methyl/N-ethyl adjacent to an activating group) is 1. The maximum absolute atomic E-state index is 12.9. The standard InChI is InChI=1S/C21H22N4O3S/c1-15-4-10-18-19(14-15)29-21(22-18)24(13-12-23(2)3)20(26)11-7-16-5-8-17(9-6-16)25(27)28/h4-11,14H,12-13H2,1-3H3. The second kappa shape index (κ2) is 8.93. The predicted molar refractivity (Wildman–Crippen MR) is 117 cm³/mol. The van der Waals surface area contributed by atoms with E-state index in [4.69, 9.17) is 0 Å². The third-order valence-electron chi connectivity index (χ3n) is 4.32. The second-order valence-electron chi connectivity index (χ2n) is 6.94. The Bertz CT molecular complexity index is 1060. The Morgan fingerprint density at radius 3 is 2.55 bits per heavy atom. The lowest BCUT2D eigenvalue weighted by Gasteiger charge is -2.20. The SMILES string of the molecule is Cc1ccc2nc(N(CCN(C)C)C(=O)C=Cc3ccc([N+](=O)[O-])cc3)sc2c1. The number of benzene rings is 2. The lowest BCUT2D eigenvalue weighted by Crippen LogP contribution is -2.35. The summed E-state index contributed by atoms with van der Waals surface area (Å²) >= 11 is 1.49. The summed E-state index contributed by atoms with van der Waals surface area (Å²) in [5.41, 5.74) is 2.76. The summed E-state index contributed by atoms with van der Waals surface area (Å²) in [6.07, 6.45) is 3.14. The van der Waals surface area contributed by atoms with E-state index in [0.29, 0.717) is 18.2 Å². The molecule has 0 unspecified atom stereocenters. The fourth-order valence-electron chi connectivity index (χ4n) is 2.70. The zero-order valence-corrected chi connectivity index (χ0v) is 17.3. The van der Waals surface area contributed by atoms with Crippen molar-refractivity contribution in [3.63, 3.8) is 0 Å². The van der Waals surface area contributed by atoms with Crippen molar-refractivity contribution >= 4 is 44.4 Å². The number of carbonyl (C=O) groups excluding carboxylic acids is 1. The van der Waals surface area contributed by atoms with E-state index >= 15 is 0 Å². The van der Waals surface area contributed by atoms with Gasteiger partial charge in [0.25, 0.3) is 11.6 Å². The molecular formula is C21H22N4O3S. The summed E-state index contributed by atoms with van der Waals surface area (Å²) < 4.78 is 1.04. The molecule has 0 fully saturated rings. The molecule has 1 amide bonds. The van der Waals surface area contributed by atoms with E-state index in [0.717, 1.165) is 21.3 Å². The summed E-state index contributed by atoms with van der Waals surface area (Å²) in [5, 5.41) is 11.4. The largest absolute Gasteiger partial charge is 0.308 e. The molecule has 3 aromatic rings. The zero-order valence-electron chi connectivity index (χ0n) is 16.5. The predicted octanol–water partition coefficient (Wildman–Crippen LogP) is 4.12. The highest BCUT2D eigenvalue weighted by molar-refractivity contribution is 7.22. The number of carbonyl (C=O) groups is 1. The Morgan fingerprint density at radius 1 is 1.17 bits per heavy atom. The minimum absolute atomic E-state index is 0.0193. The van der Waals surface area contributed by atoms with Gasteiger partial charge in [-0.25, -0.2) is 4.98 Å². The average molecular weight is 410 g/mol. The van der Waals surface area contributed by atoms with Crippen molar-refractivity contribution in [2.45, 2.75) is 6.92 Å². The monoisotopic (exact) mass is 410 g/mol. The molecule has 0 N–H and O–H groups in total.